The highest BCUT2D eigenvalue weighted by atomic mass is 19.1. The molecule has 0 saturated carbocycles. The van der Waals surface area contributed by atoms with E-state index in [9.17, 15) is 14.0 Å². The largest absolute Gasteiger partial charge is 0.487 e. The van der Waals surface area contributed by atoms with Crippen molar-refractivity contribution in [3.05, 3.63) is 63.5 Å². The summed E-state index contributed by atoms with van der Waals surface area (Å²) in [6.07, 6.45) is 1.39. The van der Waals surface area contributed by atoms with E-state index in [1.54, 1.807) is 6.07 Å². The van der Waals surface area contributed by atoms with Gasteiger partial charge in [0.05, 0.1) is 17.7 Å². The van der Waals surface area contributed by atoms with Crippen molar-refractivity contribution in [3.8, 4) is 5.75 Å². The lowest BCUT2D eigenvalue weighted by molar-refractivity contribution is 0.0792. The molecule has 6 heteroatoms. The molecule has 0 aliphatic carbocycles. The zero-order chi connectivity index (χ0) is 20.0. The number of rotatable bonds is 3. The Balaban J connectivity index is 1.71. The second kappa shape index (κ2) is 6.93. The molecule has 0 spiro atoms. The number of carbonyl (C=O) groups excluding carboxylic acids is 2. The van der Waals surface area contributed by atoms with Crippen molar-refractivity contribution in [1.29, 1.82) is 0 Å². The Morgan fingerprint density at radius 3 is 2.79 bits per heavy atom. The number of nitrogens with one attached hydrogen (secondary N) is 1. The van der Waals surface area contributed by atoms with E-state index in [0.29, 0.717) is 24.3 Å². The second-order valence-electron chi connectivity index (χ2n) is 7.51. The van der Waals surface area contributed by atoms with Crippen LogP contribution in [0.4, 0.5) is 4.39 Å². The van der Waals surface area contributed by atoms with Crippen LogP contribution in [0.15, 0.2) is 24.3 Å². The van der Waals surface area contributed by atoms with Gasteiger partial charge >= 0.3 is 0 Å². The minimum atomic E-state index is -0.552. The highest BCUT2D eigenvalue weighted by Crippen LogP contribution is 2.36. The summed E-state index contributed by atoms with van der Waals surface area (Å²) < 4.78 is 20.5. The van der Waals surface area contributed by atoms with Crippen molar-refractivity contribution in [1.82, 2.24) is 10.2 Å². The van der Waals surface area contributed by atoms with E-state index in [4.69, 9.17) is 4.74 Å². The van der Waals surface area contributed by atoms with Crippen LogP contribution >= 0.6 is 0 Å². The van der Waals surface area contributed by atoms with Gasteiger partial charge in [0.15, 0.2) is 0 Å². The number of amides is 2. The Morgan fingerprint density at radius 1 is 1.29 bits per heavy atom. The highest BCUT2D eigenvalue weighted by Gasteiger charge is 2.35. The maximum Gasteiger partial charge on any atom is 0.257 e. The van der Waals surface area contributed by atoms with Crippen LogP contribution in [0.1, 0.15) is 49.4 Å². The predicted molar refractivity (Wildman–Crippen MR) is 103 cm³/mol. The number of fused-ring (bicyclic) bond motifs is 3. The molecular weight excluding hydrogens is 359 g/mol. The molecule has 2 aromatic rings. The van der Waals surface area contributed by atoms with Crippen LogP contribution < -0.4 is 10.1 Å². The fraction of sp³-hybridized carbons (Fsp3) is 0.364. The molecule has 4 rings (SSSR count). The average Bonchev–Trinajstić information content (AvgIpc) is 3.10. The number of hydrogen-bond donors (Lipinski definition) is 1. The molecular formula is C22H23FN2O3. The Labute approximate surface area is 163 Å². The monoisotopic (exact) mass is 382 g/mol. The van der Waals surface area contributed by atoms with Gasteiger partial charge in [-0.15, -0.1) is 0 Å². The first kappa shape index (κ1) is 18.5. The number of benzene rings is 2. The molecule has 2 bridgehead atoms. The van der Waals surface area contributed by atoms with E-state index in [0.717, 1.165) is 35.2 Å². The van der Waals surface area contributed by atoms with E-state index in [-0.39, 0.29) is 17.6 Å². The molecule has 2 aliphatic rings. The quantitative estimate of drug-likeness (QED) is 0.888. The predicted octanol–water partition coefficient (Wildman–Crippen LogP) is 3.00. The molecule has 0 radical (unpaired) electrons. The zero-order valence-corrected chi connectivity index (χ0v) is 16.3. The number of hydrogen-bond acceptors (Lipinski definition) is 3. The Morgan fingerprint density at radius 2 is 2.07 bits per heavy atom. The summed E-state index contributed by atoms with van der Waals surface area (Å²) >= 11 is 0. The first-order valence-corrected chi connectivity index (χ1v) is 9.48. The second-order valence-corrected chi connectivity index (χ2v) is 7.51. The molecule has 146 valence electrons. The van der Waals surface area contributed by atoms with E-state index in [1.807, 2.05) is 24.8 Å². The first-order chi connectivity index (χ1) is 13.4. The van der Waals surface area contributed by atoms with Gasteiger partial charge in [-0.3, -0.25) is 9.59 Å². The first-order valence-electron chi connectivity index (χ1n) is 9.48. The van der Waals surface area contributed by atoms with Gasteiger partial charge in [-0.25, -0.2) is 4.39 Å². The van der Waals surface area contributed by atoms with Crippen molar-refractivity contribution in [2.24, 2.45) is 0 Å². The maximum absolute atomic E-state index is 14.3. The molecule has 28 heavy (non-hydrogen) atoms. The van der Waals surface area contributed by atoms with Crippen LogP contribution in [0.5, 0.6) is 5.75 Å². The van der Waals surface area contributed by atoms with Crippen molar-refractivity contribution in [2.75, 3.05) is 20.1 Å². The third-order valence-corrected chi connectivity index (χ3v) is 5.79. The van der Waals surface area contributed by atoms with Gasteiger partial charge in [-0.1, -0.05) is 6.07 Å². The van der Waals surface area contributed by atoms with Crippen LogP contribution in [0.25, 0.3) is 0 Å². The van der Waals surface area contributed by atoms with Crippen molar-refractivity contribution >= 4 is 11.8 Å². The summed E-state index contributed by atoms with van der Waals surface area (Å²) in [6.45, 7) is 5.32. The Hall–Kier alpha value is -2.89. The van der Waals surface area contributed by atoms with E-state index >= 15 is 0 Å². The smallest absolute Gasteiger partial charge is 0.257 e. The lowest BCUT2D eigenvalue weighted by atomic mass is 9.92. The van der Waals surface area contributed by atoms with Crippen molar-refractivity contribution in [3.63, 3.8) is 0 Å². The van der Waals surface area contributed by atoms with Gasteiger partial charge in [0.1, 0.15) is 17.7 Å². The Bertz CT molecular complexity index is 986. The van der Waals surface area contributed by atoms with Crippen LogP contribution in [0.2, 0.25) is 0 Å². The van der Waals surface area contributed by atoms with Gasteiger partial charge in [-0.05, 0) is 60.7 Å². The number of nitrogens with zero attached hydrogens (tertiary/aromatic N) is 1. The molecule has 2 amide bonds. The Kier molecular flexibility index (Phi) is 4.57. The SMILES string of the molecule is CNC(=O)c1ccc(Cc2cc3c(c(C)c2C)O[C@H]2CCN(C2)C3=O)cc1F. The van der Waals surface area contributed by atoms with Gasteiger partial charge in [0, 0.05) is 20.0 Å². The molecule has 5 nitrogen and oxygen atoms in total. The standard InChI is InChI=1S/C22H23FN2O3/c1-12-13(2)20-18(22(27)25-7-6-16(11-25)28-20)10-15(12)8-14-4-5-17(19(23)9-14)21(26)24-3/h4-5,9-10,16H,6-8,11H2,1-3H3,(H,24,26)/t16-/m0/s1. The molecule has 1 atom stereocenters. The van der Waals surface area contributed by atoms with Crippen LogP contribution in [-0.2, 0) is 6.42 Å². The fourth-order valence-electron chi connectivity index (χ4n) is 4.01. The van der Waals surface area contributed by atoms with E-state index < -0.39 is 11.7 Å². The van der Waals surface area contributed by atoms with Gasteiger partial charge in [0.25, 0.3) is 11.8 Å². The minimum Gasteiger partial charge on any atom is -0.487 e. The molecule has 1 fully saturated rings. The zero-order valence-electron chi connectivity index (χ0n) is 16.3. The number of carbonyl (C=O) groups is 2. The van der Waals surface area contributed by atoms with Gasteiger partial charge < -0.3 is 15.0 Å². The lowest BCUT2D eigenvalue weighted by Gasteiger charge is -2.21. The molecule has 1 saturated heterocycles. The molecule has 0 aromatic heterocycles. The summed E-state index contributed by atoms with van der Waals surface area (Å²) in [5.41, 5.74) is 4.30. The normalized spacial score (nSPS) is 17.8. The summed E-state index contributed by atoms with van der Waals surface area (Å²) in [5, 5.41) is 2.43. The highest BCUT2D eigenvalue weighted by molar-refractivity contribution is 5.98. The van der Waals surface area contributed by atoms with Crippen LogP contribution in [0, 0.1) is 19.7 Å². The number of ether oxygens (including phenoxy) is 1. The summed E-state index contributed by atoms with van der Waals surface area (Å²) in [5.74, 6) is -0.322. The molecule has 2 aromatic carbocycles. The fourth-order valence-corrected chi connectivity index (χ4v) is 4.01. The van der Waals surface area contributed by atoms with Crippen molar-refractivity contribution < 1.29 is 18.7 Å². The van der Waals surface area contributed by atoms with Gasteiger partial charge in [0.2, 0.25) is 0 Å². The molecule has 2 heterocycles. The third-order valence-electron chi connectivity index (χ3n) is 5.79. The van der Waals surface area contributed by atoms with E-state index in [2.05, 4.69) is 5.32 Å². The maximum atomic E-state index is 14.3. The molecule has 2 aliphatic heterocycles. The minimum absolute atomic E-state index is 0.000459. The average molecular weight is 382 g/mol. The van der Waals surface area contributed by atoms with Gasteiger partial charge in [-0.2, -0.15) is 0 Å². The summed E-state index contributed by atoms with van der Waals surface area (Å²) in [6, 6.07) is 6.51. The summed E-state index contributed by atoms with van der Waals surface area (Å²) in [7, 11) is 1.47. The van der Waals surface area contributed by atoms with Crippen LogP contribution in [0.3, 0.4) is 0 Å². The van der Waals surface area contributed by atoms with E-state index in [1.165, 1.54) is 19.2 Å². The third kappa shape index (κ3) is 3.03. The summed E-state index contributed by atoms with van der Waals surface area (Å²) in [4.78, 5) is 26.4. The topological polar surface area (TPSA) is 58.6 Å². The van der Waals surface area contributed by atoms with Crippen molar-refractivity contribution in [2.45, 2.75) is 32.8 Å². The molecule has 1 N–H and O–H groups in total. The van der Waals surface area contributed by atoms with Crippen LogP contribution in [-0.4, -0.2) is 43.0 Å². The molecule has 0 unspecified atom stereocenters. The lowest BCUT2D eigenvalue weighted by Crippen LogP contribution is -2.28. The number of halogens is 1.